The Kier molecular flexibility index (Phi) is 5.20. The average molecular weight is 457 g/mol. The van der Waals surface area contributed by atoms with Gasteiger partial charge in [-0.05, 0) is 66.6 Å². The van der Waals surface area contributed by atoms with Crippen LogP contribution in [0.1, 0.15) is 19.3 Å². The Labute approximate surface area is 196 Å². The maximum atomic E-state index is 15.2. The van der Waals surface area contributed by atoms with Crippen LogP contribution in [-0.2, 0) is 11.3 Å². The van der Waals surface area contributed by atoms with E-state index in [-0.39, 0.29) is 11.7 Å². The number of amides is 1. The van der Waals surface area contributed by atoms with Crippen molar-refractivity contribution in [2.75, 3.05) is 13.1 Å². The Balaban J connectivity index is 1.18. The molecule has 0 bridgehead atoms. The third-order valence-electron chi connectivity index (χ3n) is 6.77. The van der Waals surface area contributed by atoms with Gasteiger partial charge in [0.1, 0.15) is 12.1 Å². The minimum absolute atomic E-state index is 0.249. The van der Waals surface area contributed by atoms with Crippen molar-refractivity contribution >= 4 is 5.91 Å². The number of carbonyl (C=O) groups excluding carboxylic acids is 1. The summed E-state index contributed by atoms with van der Waals surface area (Å²) in [6, 6.07) is 14.9. The predicted molar refractivity (Wildman–Crippen MR) is 125 cm³/mol. The van der Waals surface area contributed by atoms with E-state index in [4.69, 9.17) is 0 Å². The fourth-order valence-electron chi connectivity index (χ4n) is 4.75. The van der Waals surface area contributed by atoms with E-state index < -0.39 is 0 Å². The first-order valence-corrected chi connectivity index (χ1v) is 11.7. The molecule has 1 saturated heterocycles. The lowest BCUT2D eigenvalue weighted by Crippen LogP contribution is -2.30. The lowest BCUT2D eigenvalue weighted by atomic mass is 10.0. The summed E-state index contributed by atoms with van der Waals surface area (Å²) in [5.74, 6) is 1.06. The highest BCUT2D eigenvalue weighted by molar-refractivity contribution is 5.81. The number of hydrogen-bond donors (Lipinski definition) is 0. The van der Waals surface area contributed by atoms with E-state index in [0.29, 0.717) is 29.8 Å². The molecule has 0 spiro atoms. The summed E-state index contributed by atoms with van der Waals surface area (Å²) in [6.07, 6.45) is 8.28. The van der Waals surface area contributed by atoms with Crippen LogP contribution < -0.4 is 0 Å². The SMILES string of the molecule is O=C(C1CC1)N1CC[C@H](Cn2cnnc2-c2ccc(-c3ccc(-n4cccn4)cc3)cc2F)C1. The molecule has 0 radical (unpaired) electrons. The van der Waals surface area contributed by atoms with Crippen molar-refractivity contribution in [3.05, 3.63) is 73.1 Å². The van der Waals surface area contributed by atoms with Crippen molar-refractivity contribution < 1.29 is 9.18 Å². The van der Waals surface area contributed by atoms with E-state index in [2.05, 4.69) is 15.3 Å². The zero-order valence-corrected chi connectivity index (χ0v) is 18.7. The average Bonchev–Trinajstić information content (AvgIpc) is 3.22. The molecule has 6 rings (SSSR count). The van der Waals surface area contributed by atoms with Crippen LogP contribution in [0.5, 0.6) is 0 Å². The highest BCUT2D eigenvalue weighted by atomic mass is 19.1. The van der Waals surface area contributed by atoms with Gasteiger partial charge in [0.25, 0.3) is 0 Å². The Morgan fingerprint density at radius 1 is 1.06 bits per heavy atom. The fraction of sp³-hybridized carbons (Fsp3) is 0.308. The molecule has 8 heteroatoms. The van der Waals surface area contributed by atoms with Gasteiger partial charge in [0, 0.05) is 37.9 Å². The molecule has 1 aliphatic carbocycles. The van der Waals surface area contributed by atoms with Crippen LogP contribution in [0.3, 0.4) is 0 Å². The standard InChI is InChI=1S/C26H25FN6O/c27-24-14-21(19-4-7-22(8-5-19)33-12-1-11-29-33)6-9-23(24)25-30-28-17-32(25)16-18-10-13-31(15-18)26(34)20-2-3-20/h1,4-9,11-12,14,17-18,20H,2-3,10,13,15-16H2/t18-/m0/s1. The molecule has 1 aliphatic heterocycles. The zero-order chi connectivity index (χ0) is 23.1. The number of rotatable bonds is 6. The van der Waals surface area contributed by atoms with Gasteiger partial charge in [0.15, 0.2) is 5.82 Å². The van der Waals surface area contributed by atoms with Gasteiger partial charge in [0.2, 0.25) is 5.91 Å². The molecule has 2 fully saturated rings. The van der Waals surface area contributed by atoms with Gasteiger partial charge in [-0.1, -0.05) is 18.2 Å². The molecule has 3 heterocycles. The second kappa shape index (κ2) is 8.52. The molecule has 2 aromatic carbocycles. The number of likely N-dealkylation sites (tertiary alicyclic amines) is 1. The Morgan fingerprint density at radius 2 is 1.88 bits per heavy atom. The van der Waals surface area contributed by atoms with Crippen molar-refractivity contribution in [3.63, 3.8) is 0 Å². The lowest BCUT2D eigenvalue weighted by Gasteiger charge is -2.17. The van der Waals surface area contributed by atoms with Gasteiger partial charge in [-0.3, -0.25) is 4.79 Å². The van der Waals surface area contributed by atoms with Crippen LogP contribution in [0.4, 0.5) is 4.39 Å². The molecule has 2 aromatic heterocycles. The molecule has 2 aliphatic rings. The fourth-order valence-corrected chi connectivity index (χ4v) is 4.75. The predicted octanol–water partition coefficient (Wildman–Crippen LogP) is 4.20. The Bertz CT molecular complexity index is 1310. The van der Waals surface area contributed by atoms with E-state index >= 15 is 4.39 Å². The normalized spacial score (nSPS) is 17.9. The van der Waals surface area contributed by atoms with E-state index in [1.807, 2.05) is 52.1 Å². The van der Waals surface area contributed by atoms with Gasteiger partial charge < -0.3 is 9.47 Å². The van der Waals surface area contributed by atoms with Crippen LogP contribution in [0, 0.1) is 17.7 Å². The summed E-state index contributed by atoms with van der Waals surface area (Å²) < 4.78 is 18.9. The van der Waals surface area contributed by atoms with Crippen LogP contribution >= 0.6 is 0 Å². The number of carbonyl (C=O) groups is 1. The molecule has 0 N–H and O–H groups in total. The molecular formula is C26H25FN6O. The summed E-state index contributed by atoms with van der Waals surface area (Å²) in [4.78, 5) is 14.3. The zero-order valence-electron chi connectivity index (χ0n) is 18.7. The third kappa shape index (κ3) is 4.00. The van der Waals surface area contributed by atoms with E-state index in [1.54, 1.807) is 29.3 Å². The van der Waals surface area contributed by atoms with Crippen LogP contribution in [-0.4, -0.2) is 48.4 Å². The number of aromatic nitrogens is 5. The van der Waals surface area contributed by atoms with Crippen molar-refractivity contribution in [1.29, 1.82) is 0 Å². The summed E-state index contributed by atoms with van der Waals surface area (Å²) >= 11 is 0. The number of halogens is 1. The molecule has 172 valence electrons. The van der Waals surface area contributed by atoms with Crippen molar-refractivity contribution in [3.8, 4) is 28.2 Å². The van der Waals surface area contributed by atoms with Gasteiger partial charge in [-0.25, -0.2) is 9.07 Å². The van der Waals surface area contributed by atoms with Crippen LogP contribution in [0.2, 0.25) is 0 Å². The third-order valence-corrected chi connectivity index (χ3v) is 6.77. The molecule has 1 saturated carbocycles. The van der Waals surface area contributed by atoms with Crippen molar-refractivity contribution in [2.45, 2.75) is 25.8 Å². The number of nitrogens with zero attached hydrogens (tertiary/aromatic N) is 6. The summed E-state index contributed by atoms with van der Waals surface area (Å²) in [7, 11) is 0. The molecule has 7 nitrogen and oxygen atoms in total. The van der Waals surface area contributed by atoms with Crippen LogP contribution in [0.25, 0.3) is 28.2 Å². The molecule has 34 heavy (non-hydrogen) atoms. The topological polar surface area (TPSA) is 68.8 Å². The van der Waals surface area contributed by atoms with E-state index in [1.165, 1.54) is 0 Å². The molecular weight excluding hydrogens is 431 g/mol. The minimum Gasteiger partial charge on any atom is -0.342 e. The van der Waals surface area contributed by atoms with Crippen molar-refractivity contribution in [2.24, 2.45) is 11.8 Å². The second-order valence-electron chi connectivity index (χ2n) is 9.21. The Morgan fingerprint density at radius 3 is 2.62 bits per heavy atom. The summed E-state index contributed by atoms with van der Waals surface area (Å²) in [5.41, 5.74) is 3.10. The molecule has 0 unspecified atom stereocenters. The first-order chi connectivity index (χ1) is 16.7. The maximum absolute atomic E-state index is 15.2. The van der Waals surface area contributed by atoms with Gasteiger partial charge in [0.05, 0.1) is 11.3 Å². The van der Waals surface area contributed by atoms with E-state index in [9.17, 15) is 4.79 Å². The van der Waals surface area contributed by atoms with Gasteiger partial charge in [-0.2, -0.15) is 5.10 Å². The van der Waals surface area contributed by atoms with Gasteiger partial charge >= 0.3 is 0 Å². The highest BCUT2D eigenvalue weighted by Gasteiger charge is 2.36. The first-order valence-electron chi connectivity index (χ1n) is 11.7. The Hall–Kier alpha value is -3.81. The van der Waals surface area contributed by atoms with Gasteiger partial charge in [-0.15, -0.1) is 10.2 Å². The first kappa shape index (κ1) is 20.8. The molecule has 1 amide bonds. The van der Waals surface area contributed by atoms with Crippen LogP contribution in [0.15, 0.2) is 67.3 Å². The van der Waals surface area contributed by atoms with Crippen molar-refractivity contribution in [1.82, 2.24) is 29.4 Å². The molecule has 1 atom stereocenters. The highest BCUT2D eigenvalue weighted by Crippen LogP contribution is 2.33. The minimum atomic E-state index is -0.333. The summed E-state index contributed by atoms with van der Waals surface area (Å²) in [6.45, 7) is 2.23. The monoisotopic (exact) mass is 456 g/mol. The number of benzene rings is 2. The lowest BCUT2D eigenvalue weighted by molar-refractivity contribution is -0.131. The van der Waals surface area contributed by atoms with E-state index in [0.717, 1.165) is 49.2 Å². The second-order valence-corrected chi connectivity index (χ2v) is 9.21. The largest absolute Gasteiger partial charge is 0.342 e. The quantitative estimate of drug-likeness (QED) is 0.436. The maximum Gasteiger partial charge on any atom is 0.225 e. The smallest absolute Gasteiger partial charge is 0.225 e. The molecule has 4 aromatic rings. The number of hydrogen-bond acceptors (Lipinski definition) is 4. The summed E-state index contributed by atoms with van der Waals surface area (Å²) in [5, 5.41) is 12.5.